The van der Waals surface area contributed by atoms with Crippen molar-refractivity contribution < 1.29 is 0 Å². The fourth-order valence-corrected chi connectivity index (χ4v) is 3.33. The van der Waals surface area contributed by atoms with Gasteiger partial charge in [0.25, 0.3) is 0 Å². The first-order valence-electron chi connectivity index (χ1n) is 8.38. The summed E-state index contributed by atoms with van der Waals surface area (Å²) in [5.74, 6) is 0.586. The van der Waals surface area contributed by atoms with E-state index in [4.69, 9.17) is 5.73 Å². The second-order valence-corrected chi connectivity index (χ2v) is 6.45. The second-order valence-electron chi connectivity index (χ2n) is 6.45. The molecule has 0 fully saturated rings. The lowest BCUT2D eigenvalue weighted by atomic mass is 9.94. The fourth-order valence-electron chi connectivity index (χ4n) is 3.33. The number of nitrogens with two attached hydrogens (primary N) is 1. The van der Waals surface area contributed by atoms with Crippen molar-refractivity contribution in [1.82, 2.24) is 14.3 Å². The summed E-state index contributed by atoms with van der Waals surface area (Å²) in [5, 5.41) is 5.95. The maximum Gasteiger partial charge on any atom is 0.0653 e. The lowest BCUT2D eigenvalue weighted by molar-refractivity contribution is 0.649. The Morgan fingerprint density at radius 1 is 1.22 bits per heavy atom. The number of hydrogen-bond acceptors (Lipinski definition) is 2. The SMILES string of the molecule is CCn1cc(C(CN)c2cc(C(C)C)nn2C)c2ccccc21. The van der Waals surface area contributed by atoms with Crippen LogP contribution in [0.3, 0.4) is 0 Å². The summed E-state index contributed by atoms with van der Waals surface area (Å²) in [5.41, 5.74) is 11.1. The molecule has 4 heteroatoms. The number of para-hydroxylation sites is 1. The van der Waals surface area contributed by atoms with Crippen LogP contribution in [0.15, 0.2) is 36.5 Å². The smallest absolute Gasteiger partial charge is 0.0653 e. The zero-order valence-corrected chi connectivity index (χ0v) is 14.5. The third kappa shape index (κ3) is 2.68. The number of aromatic nitrogens is 3. The molecule has 1 aromatic carbocycles. The van der Waals surface area contributed by atoms with Gasteiger partial charge >= 0.3 is 0 Å². The Bertz CT molecular complexity index is 810. The molecular weight excluding hydrogens is 284 g/mol. The molecule has 0 aliphatic rings. The van der Waals surface area contributed by atoms with Crippen molar-refractivity contribution in [2.75, 3.05) is 6.54 Å². The van der Waals surface area contributed by atoms with E-state index in [-0.39, 0.29) is 5.92 Å². The normalized spacial score (nSPS) is 13.1. The molecule has 1 unspecified atom stereocenters. The van der Waals surface area contributed by atoms with E-state index in [1.165, 1.54) is 22.2 Å². The first-order valence-corrected chi connectivity index (χ1v) is 8.38. The highest BCUT2D eigenvalue weighted by Gasteiger charge is 2.22. The highest BCUT2D eigenvalue weighted by molar-refractivity contribution is 5.85. The van der Waals surface area contributed by atoms with E-state index in [1.54, 1.807) is 0 Å². The first kappa shape index (κ1) is 15.8. The summed E-state index contributed by atoms with van der Waals surface area (Å²) < 4.78 is 4.29. The molecule has 2 aromatic heterocycles. The Hall–Kier alpha value is -2.07. The molecule has 0 spiro atoms. The van der Waals surface area contributed by atoms with Gasteiger partial charge in [0.05, 0.1) is 5.69 Å². The van der Waals surface area contributed by atoms with Gasteiger partial charge in [0.1, 0.15) is 0 Å². The predicted molar refractivity (Wildman–Crippen MR) is 95.8 cm³/mol. The predicted octanol–water partition coefficient (Wildman–Crippen LogP) is 3.61. The molecule has 0 aliphatic heterocycles. The van der Waals surface area contributed by atoms with Gasteiger partial charge in [-0.3, -0.25) is 4.68 Å². The second kappa shape index (κ2) is 6.20. The monoisotopic (exact) mass is 310 g/mol. The maximum absolute atomic E-state index is 6.18. The van der Waals surface area contributed by atoms with Crippen LogP contribution >= 0.6 is 0 Å². The molecule has 23 heavy (non-hydrogen) atoms. The molecule has 1 atom stereocenters. The van der Waals surface area contributed by atoms with E-state index >= 15 is 0 Å². The summed E-state index contributed by atoms with van der Waals surface area (Å²) in [7, 11) is 2.02. The molecule has 0 bridgehead atoms. The summed E-state index contributed by atoms with van der Waals surface area (Å²) in [6.45, 7) is 8.06. The zero-order valence-electron chi connectivity index (χ0n) is 14.5. The van der Waals surface area contributed by atoms with Crippen molar-refractivity contribution >= 4 is 10.9 Å². The van der Waals surface area contributed by atoms with Crippen LogP contribution in [-0.2, 0) is 13.6 Å². The van der Waals surface area contributed by atoms with E-state index < -0.39 is 0 Å². The minimum absolute atomic E-state index is 0.165. The highest BCUT2D eigenvalue weighted by Crippen LogP contribution is 2.32. The summed E-state index contributed by atoms with van der Waals surface area (Å²) in [6.07, 6.45) is 2.25. The molecule has 2 heterocycles. The van der Waals surface area contributed by atoms with Crippen LogP contribution in [-0.4, -0.2) is 20.9 Å². The largest absolute Gasteiger partial charge is 0.347 e. The van der Waals surface area contributed by atoms with Crippen LogP contribution in [0.1, 0.15) is 49.6 Å². The van der Waals surface area contributed by atoms with Crippen molar-refractivity contribution in [2.24, 2.45) is 12.8 Å². The maximum atomic E-state index is 6.18. The number of benzene rings is 1. The van der Waals surface area contributed by atoms with Crippen molar-refractivity contribution in [2.45, 2.75) is 39.2 Å². The molecule has 0 saturated heterocycles. The molecule has 2 N–H and O–H groups in total. The molecule has 3 rings (SSSR count). The number of aryl methyl sites for hydroxylation is 2. The average Bonchev–Trinajstić information content (AvgIpc) is 3.11. The van der Waals surface area contributed by atoms with Gasteiger partial charge in [-0.2, -0.15) is 5.10 Å². The fraction of sp³-hybridized carbons (Fsp3) is 0.421. The Kier molecular flexibility index (Phi) is 4.26. The topological polar surface area (TPSA) is 48.8 Å². The lowest BCUT2D eigenvalue weighted by Crippen LogP contribution is -2.16. The molecule has 0 aliphatic carbocycles. The van der Waals surface area contributed by atoms with E-state index in [1.807, 2.05) is 11.7 Å². The Balaban J connectivity index is 2.15. The van der Waals surface area contributed by atoms with Gasteiger partial charge in [-0.1, -0.05) is 32.0 Å². The van der Waals surface area contributed by atoms with Crippen molar-refractivity contribution in [3.63, 3.8) is 0 Å². The summed E-state index contributed by atoms with van der Waals surface area (Å²) in [6, 6.07) is 10.8. The van der Waals surface area contributed by atoms with Gasteiger partial charge < -0.3 is 10.3 Å². The average molecular weight is 310 g/mol. The van der Waals surface area contributed by atoms with Crippen molar-refractivity contribution in [3.05, 3.63) is 53.5 Å². The minimum atomic E-state index is 0.165. The third-order valence-corrected chi connectivity index (χ3v) is 4.65. The van der Waals surface area contributed by atoms with Crippen LogP contribution < -0.4 is 5.73 Å². The van der Waals surface area contributed by atoms with Crippen LogP contribution in [0.5, 0.6) is 0 Å². The molecule has 3 aromatic rings. The van der Waals surface area contributed by atoms with Gasteiger partial charge in [-0.05, 0) is 30.5 Å². The van der Waals surface area contributed by atoms with Gasteiger partial charge in [-0.15, -0.1) is 0 Å². The standard InChI is InChI=1S/C19H26N4/c1-5-23-12-16(14-8-6-7-9-18(14)23)15(11-20)19-10-17(13(2)3)21-22(19)4/h6-10,12-13,15H,5,11,20H2,1-4H3. The van der Waals surface area contributed by atoms with Crippen molar-refractivity contribution in [3.8, 4) is 0 Å². The molecule has 4 nitrogen and oxygen atoms in total. The van der Waals surface area contributed by atoms with E-state index in [2.05, 4.69) is 67.0 Å². The van der Waals surface area contributed by atoms with Crippen LogP contribution in [0, 0.1) is 0 Å². The Morgan fingerprint density at radius 3 is 2.57 bits per heavy atom. The van der Waals surface area contributed by atoms with E-state index in [9.17, 15) is 0 Å². The molecule has 0 saturated carbocycles. The molecular formula is C19H26N4. The number of hydrogen-bond donors (Lipinski definition) is 1. The van der Waals surface area contributed by atoms with Crippen LogP contribution in [0.25, 0.3) is 10.9 Å². The molecule has 122 valence electrons. The lowest BCUT2D eigenvalue weighted by Gasteiger charge is -2.14. The number of rotatable bonds is 5. The van der Waals surface area contributed by atoms with Gasteiger partial charge in [0, 0.05) is 48.8 Å². The van der Waals surface area contributed by atoms with Gasteiger partial charge in [0.2, 0.25) is 0 Å². The van der Waals surface area contributed by atoms with Gasteiger partial charge in [-0.25, -0.2) is 0 Å². The Labute approximate surface area is 137 Å². The summed E-state index contributed by atoms with van der Waals surface area (Å²) >= 11 is 0. The van der Waals surface area contributed by atoms with Crippen LogP contribution in [0.4, 0.5) is 0 Å². The van der Waals surface area contributed by atoms with Crippen molar-refractivity contribution in [1.29, 1.82) is 0 Å². The number of fused-ring (bicyclic) bond motifs is 1. The molecule has 0 radical (unpaired) electrons. The first-order chi connectivity index (χ1) is 11.1. The highest BCUT2D eigenvalue weighted by atomic mass is 15.3. The van der Waals surface area contributed by atoms with E-state index in [0.29, 0.717) is 12.5 Å². The van der Waals surface area contributed by atoms with E-state index in [0.717, 1.165) is 12.2 Å². The van der Waals surface area contributed by atoms with Crippen LogP contribution in [0.2, 0.25) is 0 Å². The molecule has 0 amide bonds. The quantitative estimate of drug-likeness (QED) is 0.782. The third-order valence-electron chi connectivity index (χ3n) is 4.65. The Morgan fingerprint density at radius 2 is 1.96 bits per heavy atom. The number of nitrogens with zero attached hydrogens (tertiary/aromatic N) is 3. The zero-order chi connectivity index (χ0) is 16.6. The summed E-state index contributed by atoms with van der Waals surface area (Å²) in [4.78, 5) is 0. The minimum Gasteiger partial charge on any atom is -0.347 e. The van der Waals surface area contributed by atoms with Gasteiger partial charge in [0.15, 0.2) is 0 Å².